The molecule has 0 saturated carbocycles. The quantitative estimate of drug-likeness (QED) is 0.654. The summed E-state index contributed by atoms with van der Waals surface area (Å²) in [6.45, 7) is 2.31. The Bertz CT molecular complexity index is 451. The maximum Gasteiger partial charge on any atom is 0.227 e. The summed E-state index contributed by atoms with van der Waals surface area (Å²) in [7, 11) is 0. The van der Waals surface area contributed by atoms with Crippen LogP contribution in [0.5, 0.6) is 0 Å². The Morgan fingerprint density at radius 3 is 2.68 bits per heavy atom. The number of rotatable bonds is 7. The van der Waals surface area contributed by atoms with Gasteiger partial charge >= 0.3 is 0 Å². The van der Waals surface area contributed by atoms with E-state index >= 15 is 0 Å². The van der Waals surface area contributed by atoms with Crippen molar-refractivity contribution < 1.29 is 9.59 Å². The molecule has 0 spiro atoms. The largest absolute Gasteiger partial charge is 0.369 e. The van der Waals surface area contributed by atoms with Gasteiger partial charge in [0.05, 0.1) is 11.4 Å². The lowest BCUT2D eigenvalue weighted by Gasteiger charge is -2.13. The van der Waals surface area contributed by atoms with Crippen LogP contribution in [-0.4, -0.2) is 24.1 Å². The fourth-order valence-corrected chi connectivity index (χ4v) is 2.23. The molecule has 0 bridgehead atoms. The van der Waals surface area contributed by atoms with Crippen molar-refractivity contribution in [2.75, 3.05) is 17.6 Å². The number of nitrogens with two attached hydrogens (primary N) is 2. The van der Waals surface area contributed by atoms with E-state index in [1.54, 1.807) is 6.07 Å². The van der Waals surface area contributed by atoms with Crippen molar-refractivity contribution in [2.24, 2.45) is 17.4 Å². The van der Waals surface area contributed by atoms with Gasteiger partial charge in [-0.2, -0.15) is 0 Å². The van der Waals surface area contributed by atoms with Crippen molar-refractivity contribution in [3.05, 3.63) is 24.3 Å². The lowest BCUT2D eigenvalue weighted by atomic mass is 10.1. The number of amides is 2. The van der Waals surface area contributed by atoms with Crippen molar-refractivity contribution in [1.82, 2.24) is 0 Å². The van der Waals surface area contributed by atoms with Crippen molar-refractivity contribution in [3.8, 4) is 0 Å². The smallest absolute Gasteiger partial charge is 0.227 e. The average molecular weight is 281 g/mol. The van der Waals surface area contributed by atoms with Crippen LogP contribution in [0.3, 0.4) is 0 Å². The Kier molecular flexibility index (Phi) is 6.38. The Balaban J connectivity index is 2.71. The van der Waals surface area contributed by atoms with E-state index in [0.29, 0.717) is 18.7 Å². The van der Waals surface area contributed by atoms with Gasteiger partial charge in [-0.15, -0.1) is 11.8 Å². The van der Waals surface area contributed by atoms with E-state index < -0.39 is 0 Å². The van der Waals surface area contributed by atoms with Gasteiger partial charge < -0.3 is 16.8 Å². The zero-order valence-electron chi connectivity index (χ0n) is 10.9. The van der Waals surface area contributed by atoms with Gasteiger partial charge in [0.15, 0.2) is 0 Å². The molecule has 0 aliphatic rings. The monoisotopic (exact) mass is 281 g/mol. The van der Waals surface area contributed by atoms with Crippen molar-refractivity contribution >= 4 is 29.3 Å². The van der Waals surface area contributed by atoms with E-state index in [9.17, 15) is 9.59 Å². The minimum Gasteiger partial charge on any atom is -0.369 e. The summed E-state index contributed by atoms with van der Waals surface area (Å²) in [5, 5.41) is 2.85. The molecule has 1 aromatic rings. The molecule has 1 rings (SSSR count). The summed E-state index contributed by atoms with van der Waals surface area (Å²) in [6, 6.07) is 7.33. The van der Waals surface area contributed by atoms with E-state index in [1.165, 1.54) is 11.8 Å². The van der Waals surface area contributed by atoms with Gasteiger partial charge in [-0.25, -0.2) is 0 Å². The van der Waals surface area contributed by atoms with Crippen LogP contribution < -0.4 is 16.8 Å². The van der Waals surface area contributed by atoms with Gasteiger partial charge in [-0.05, 0) is 25.1 Å². The van der Waals surface area contributed by atoms with Crippen molar-refractivity contribution in [3.63, 3.8) is 0 Å². The first-order valence-electron chi connectivity index (χ1n) is 6.05. The summed E-state index contributed by atoms with van der Waals surface area (Å²) in [5.41, 5.74) is 11.3. The number of primary amides is 1. The molecule has 5 N–H and O–H groups in total. The molecule has 0 saturated heterocycles. The normalized spacial score (nSPS) is 11.9. The van der Waals surface area contributed by atoms with Gasteiger partial charge in [0.25, 0.3) is 0 Å². The van der Waals surface area contributed by atoms with Crippen LogP contribution in [0.2, 0.25) is 0 Å². The van der Waals surface area contributed by atoms with Crippen LogP contribution in [0.15, 0.2) is 29.2 Å². The third-order valence-electron chi connectivity index (χ3n) is 2.56. The molecule has 1 aromatic carbocycles. The van der Waals surface area contributed by atoms with Gasteiger partial charge in [0.1, 0.15) is 0 Å². The lowest BCUT2D eigenvalue weighted by molar-refractivity contribution is -0.119. The van der Waals surface area contributed by atoms with E-state index in [-0.39, 0.29) is 23.5 Å². The highest BCUT2D eigenvalue weighted by Crippen LogP contribution is 2.27. The highest BCUT2D eigenvalue weighted by Gasteiger charge is 2.14. The summed E-state index contributed by atoms with van der Waals surface area (Å²) >= 11 is 1.31. The molecule has 5 nitrogen and oxygen atoms in total. The van der Waals surface area contributed by atoms with E-state index in [4.69, 9.17) is 11.5 Å². The first-order valence-corrected chi connectivity index (χ1v) is 7.04. The molecule has 0 radical (unpaired) electrons. The Hall–Kier alpha value is -1.53. The molecule has 0 fully saturated rings. The topological polar surface area (TPSA) is 98.2 Å². The Labute approximate surface area is 117 Å². The highest BCUT2D eigenvalue weighted by molar-refractivity contribution is 8.00. The molecule has 104 valence electrons. The van der Waals surface area contributed by atoms with Gasteiger partial charge in [0, 0.05) is 10.8 Å². The number of hydrogen-bond acceptors (Lipinski definition) is 4. The third-order valence-corrected chi connectivity index (χ3v) is 3.66. The fraction of sp³-hybridized carbons (Fsp3) is 0.385. The fourth-order valence-electron chi connectivity index (χ4n) is 1.48. The maximum atomic E-state index is 11.9. The zero-order chi connectivity index (χ0) is 14.3. The summed E-state index contributed by atoms with van der Waals surface area (Å²) in [6.07, 6.45) is 0.641. The second-order valence-electron chi connectivity index (χ2n) is 4.22. The Morgan fingerprint density at radius 2 is 2.05 bits per heavy atom. The second-order valence-corrected chi connectivity index (χ2v) is 5.24. The van der Waals surface area contributed by atoms with Gasteiger partial charge in [0.2, 0.25) is 11.8 Å². The first kappa shape index (κ1) is 15.5. The zero-order valence-corrected chi connectivity index (χ0v) is 11.7. The van der Waals surface area contributed by atoms with Crippen LogP contribution in [0.4, 0.5) is 5.69 Å². The molecule has 0 aliphatic heterocycles. The molecule has 0 aromatic heterocycles. The molecule has 0 aliphatic carbocycles. The molecule has 2 amide bonds. The molecule has 0 heterocycles. The summed E-state index contributed by atoms with van der Waals surface area (Å²) in [5.74, 6) is -0.412. The summed E-state index contributed by atoms with van der Waals surface area (Å²) < 4.78 is 0. The predicted molar refractivity (Wildman–Crippen MR) is 77.8 cm³/mol. The molecular formula is C13H19N3O2S. The Morgan fingerprint density at radius 1 is 1.37 bits per heavy atom. The van der Waals surface area contributed by atoms with Crippen LogP contribution in [-0.2, 0) is 9.59 Å². The SMILES string of the molecule is CC(CCN)C(=O)Nc1ccccc1SCC(N)=O. The summed E-state index contributed by atoms with van der Waals surface area (Å²) in [4.78, 5) is 23.6. The lowest BCUT2D eigenvalue weighted by Crippen LogP contribution is -2.23. The highest BCUT2D eigenvalue weighted by atomic mass is 32.2. The minimum atomic E-state index is -0.386. The minimum absolute atomic E-state index is 0.0717. The number of carbonyl (C=O) groups excluding carboxylic acids is 2. The number of benzene rings is 1. The number of para-hydroxylation sites is 1. The van der Waals surface area contributed by atoms with Crippen LogP contribution in [0, 0.1) is 5.92 Å². The number of anilines is 1. The van der Waals surface area contributed by atoms with E-state index in [0.717, 1.165) is 4.90 Å². The predicted octanol–water partition coefficient (Wildman–Crippen LogP) is 1.19. The molecule has 19 heavy (non-hydrogen) atoms. The number of thioether (sulfide) groups is 1. The third kappa shape index (κ3) is 5.32. The number of nitrogens with one attached hydrogen (secondary N) is 1. The number of hydrogen-bond donors (Lipinski definition) is 3. The first-order chi connectivity index (χ1) is 9.04. The van der Waals surface area contributed by atoms with Crippen LogP contribution in [0.25, 0.3) is 0 Å². The average Bonchev–Trinajstić information content (AvgIpc) is 2.37. The van der Waals surface area contributed by atoms with Crippen LogP contribution >= 0.6 is 11.8 Å². The van der Waals surface area contributed by atoms with Crippen molar-refractivity contribution in [1.29, 1.82) is 0 Å². The van der Waals surface area contributed by atoms with E-state index in [1.807, 2.05) is 25.1 Å². The standard InChI is InChI=1S/C13H19N3O2S/c1-9(6-7-14)13(18)16-10-4-2-3-5-11(10)19-8-12(15)17/h2-5,9H,6-8,14H2,1H3,(H2,15,17)(H,16,18). The second kappa shape index (κ2) is 7.81. The van der Waals surface area contributed by atoms with Crippen LogP contribution in [0.1, 0.15) is 13.3 Å². The van der Waals surface area contributed by atoms with Gasteiger partial charge in [-0.3, -0.25) is 9.59 Å². The van der Waals surface area contributed by atoms with Gasteiger partial charge in [-0.1, -0.05) is 19.1 Å². The maximum absolute atomic E-state index is 11.9. The number of carbonyl (C=O) groups is 2. The molecule has 6 heteroatoms. The van der Waals surface area contributed by atoms with Crippen molar-refractivity contribution in [2.45, 2.75) is 18.2 Å². The van der Waals surface area contributed by atoms with E-state index in [2.05, 4.69) is 5.32 Å². The molecule has 1 atom stereocenters. The molecule has 1 unspecified atom stereocenters. The molecular weight excluding hydrogens is 262 g/mol.